The van der Waals surface area contributed by atoms with Gasteiger partial charge in [-0.3, -0.25) is 0 Å². The Balaban J connectivity index is 1.49. The molecule has 6 nitrogen and oxygen atoms in total. The van der Waals surface area contributed by atoms with Crippen LogP contribution in [0.15, 0.2) is 0 Å². The predicted molar refractivity (Wildman–Crippen MR) is 85.8 cm³/mol. The van der Waals surface area contributed by atoms with Crippen molar-refractivity contribution in [2.24, 2.45) is 5.92 Å². The molecule has 0 bridgehead atoms. The smallest absolute Gasteiger partial charge is 0.314 e. The van der Waals surface area contributed by atoms with E-state index in [1.54, 1.807) is 0 Å². The lowest BCUT2D eigenvalue weighted by atomic mass is 10.0. The zero-order valence-electron chi connectivity index (χ0n) is 14.0. The summed E-state index contributed by atoms with van der Waals surface area (Å²) in [5, 5.41) is 5.85. The number of urea groups is 1. The van der Waals surface area contributed by atoms with Crippen molar-refractivity contribution in [2.75, 3.05) is 45.9 Å². The van der Waals surface area contributed by atoms with E-state index in [2.05, 4.69) is 22.5 Å². The first-order valence-corrected chi connectivity index (χ1v) is 8.59. The SMILES string of the molecule is C[C@@H](CNC(=O)NCCCN1CCCC1)CC1(C)OCCO1. The van der Waals surface area contributed by atoms with E-state index < -0.39 is 5.79 Å². The fourth-order valence-electron chi connectivity index (χ4n) is 3.22. The third-order valence-corrected chi connectivity index (χ3v) is 4.36. The van der Waals surface area contributed by atoms with Gasteiger partial charge in [-0.25, -0.2) is 4.79 Å². The normalized spacial score (nSPS) is 22.6. The molecule has 2 heterocycles. The van der Waals surface area contributed by atoms with Crippen molar-refractivity contribution in [1.29, 1.82) is 0 Å². The Morgan fingerprint density at radius 3 is 2.59 bits per heavy atom. The van der Waals surface area contributed by atoms with Crippen LogP contribution in [-0.2, 0) is 9.47 Å². The van der Waals surface area contributed by atoms with E-state index in [1.807, 2.05) is 6.92 Å². The van der Waals surface area contributed by atoms with Crippen LogP contribution in [0.4, 0.5) is 4.79 Å². The molecule has 0 aliphatic carbocycles. The van der Waals surface area contributed by atoms with E-state index in [-0.39, 0.29) is 6.03 Å². The number of ether oxygens (including phenoxy) is 2. The number of nitrogens with zero attached hydrogens (tertiary/aromatic N) is 1. The maximum atomic E-state index is 11.8. The van der Waals surface area contributed by atoms with Crippen molar-refractivity contribution < 1.29 is 14.3 Å². The van der Waals surface area contributed by atoms with Crippen molar-refractivity contribution >= 4 is 6.03 Å². The van der Waals surface area contributed by atoms with Crippen LogP contribution in [0.1, 0.15) is 39.5 Å². The van der Waals surface area contributed by atoms with E-state index in [0.717, 1.165) is 25.9 Å². The van der Waals surface area contributed by atoms with E-state index in [9.17, 15) is 4.79 Å². The number of hydrogen-bond acceptors (Lipinski definition) is 4. The molecule has 128 valence electrons. The molecule has 0 spiro atoms. The van der Waals surface area contributed by atoms with Gasteiger partial charge in [0.15, 0.2) is 5.79 Å². The van der Waals surface area contributed by atoms with E-state index >= 15 is 0 Å². The highest BCUT2D eigenvalue weighted by atomic mass is 16.7. The minimum absolute atomic E-state index is 0.0771. The molecule has 0 unspecified atom stereocenters. The lowest BCUT2D eigenvalue weighted by Gasteiger charge is -2.26. The fraction of sp³-hybridized carbons (Fsp3) is 0.938. The van der Waals surface area contributed by atoms with Crippen LogP contribution in [0.2, 0.25) is 0 Å². The quantitative estimate of drug-likeness (QED) is 0.668. The summed E-state index contributed by atoms with van der Waals surface area (Å²) < 4.78 is 11.2. The third kappa shape index (κ3) is 6.10. The minimum Gasteiger partial charge on any atom is -0.348 e. The predicted octanol–water partition coefficient (Wildman–Crippen LogP) is 1.56. The molecule has 6 heteroatoms. The van der Waals surface area contributed by atoms with E-state index in [4.69, 9.17) is 9.47 Å². The molecule has 2 saturated heterocycles. The van der Waals surface area contributed by atoms with Gasteiger partial charge in [0.1, 0.15) is 0 Å². The average molecular weight is 313 g/mol. The average Bonchev–Trinajstić information content (AvgIpc) is 3.13. The van der Waals surface area contributed by atoms with Gasteiger partial charge < -0.3 is 25.0 Å². The molecule has 0 aromatic heterocycles. The Kier molecular flexibility index (Phi) is 6.92. The Morgan fingerprint density at radius 2 is 1.91 bits per heavy atom. The van der Waals surface area contributed by atoms with E-state index in [1.165, 1.54) is 25.9 Å². The van der Waals surface area contributed by atoms with Gasteiger partial charge in [-0.05, 0) is 51.7 Å². The summed E-state index contributed by atoms with van der Waals surface area (Å²) in [6.07, 6.45) is 4.45. The number of hydrogen-bond donors (Lipinski definition) is 2. The molecule has 2 amide bonds. The number of amides is 2. The van der Waals surface area contributed by atoms with Crippen molar-refractivity contribution in [1.82, 2.24) is 15.5 Å². The Labute approximate surface area is 133 Å². The van der Waals surface area contributed by atoms with Gasteiger partial charge in [0.2, 0.25) is 0 Å². The Bertz CT molecular complexity index is 340. The van der Waals surface area contributed by atoms with Gasteiger partial charge in [-0.1, -0.05) is 6.92 Å². The molecule has 0 aromatic carbocycles. The molecule has 1 atom stereocenters. The van der Waals surface area contributed by atoms with Crippen LogP contribution in [-0.4, -0.2) is 62.7 Å². The number of carbonyl (C=O) groups is 1. The molecule has 0 radical (unpaired) electrons. The molecule has 2 rings (SSSR count). The standard InChI is InChI=1S/C16H31N3O3/c1-14(12-16(2)21-10-11-22-16)13-18-15(20)17-6-5-9-19-7-3-4-8-19/h14H,3-13H2,1-2H3,(H2,17,18,20)/t14-/m1/s1. The summed E-state index contributed by atoms with van der Waals surface area (Å²) in [6, 6.07) is -0.0771. The Hall–Kier alpha value is -0.850. The largest absolute Gasteiger partial charge is 0.348 e. The summed E-state index contributed by atoms with van der Waals surface area (Å²) in [5.74, 6) is -0.161. The van der Waals surface area contributed by atoms with Crippen LogP contribution in [0.25, 0.3) is 0 Å². The van der Waals surface area contributed by atoms with Crippen molar-refractivity contribution in [3.8, 4) is 0 Å². The number of likely N-dealkylation sites (tertiary alicyclic amines) is 1. The maximum absolute atomic E-state index is 11.8. The van der Waals surface area contributed by atoms with Crippen LogP contribution >= 0.6 is 0 Å². The molecular weight excluding hydrogens is 282 g/mol. The molecule has 2 N–H and O–H groups in total. The van der Waals surface area contributed by atoms with Crippen molar-refractivity contribution in [3.05, 3.63) is 0 Å². The topological polar surface area (TPSA) is 62.8 Å². The van der Waals surface area contributed by atoms with Gasteiger partial charge in [0.25, 0.3) is 0 Å². The monoisotopic (exact) mass is 313 g/mol. The highest BCUT2D eigenvalue weighted by Crippen LogP contribution is 2.26. The molecule has 0 saturated carbocycles. The second-order valence-electron chi connectivity index (χ2n) is 6.68. The van der Waals surface area contributed by atoms with Gasteiger partial charge in [-0.2, -0.15) is 0 Å². The first-order valence-electron chi connectivity index (χ1n) is 8.59. The zero-order chi connectivity index (χ0) is 15.8. The highest BCUT2D eigenvalue weighted by molar-refractivity contribution is 5.73. The van der Waals surface area contributed by atoms with Gasteiger partial charge in [0, 0.05) is 19.5 Å². The first-order chi connectivity index (χ1) is 10.6. The lowest BCUT2D eigenvalue weighted by Crippen LogP contribution is -2.40. The fourth-order valence-corrected chi connectivity index (χ4v) is 3.22. The van der Waals surface area contributed by atoms with Crippen LogP contribution in [0, 0.1) is 5.92 Å². The highest BCUT2D eigenvalue weighted by Gasteiger charge is 2.32. The lowest BCUT2D eigenvalue weighted by molar-refractivity contribution is -0.153. The molecule has 0 aromatic rings. The first kappa shape index (κ1) is 17.5. The minimum atomic E-state index is -0.479. The Morgan fingerprint density at radius 1 is 1.23 bits per heavy atom. The number of carbonyl (C=O) groups excluding carboxylic acids is 1. The zero-order valence-corrected chi connectivity index (χ0v) is 14.0. The van der Waals surface area contributed by atoms with Crippen molar-refractivity contribution in [2.45, 2.75) is 45.3 Å². The molecule has 2 aliphatic heterocycles. The number of rotatable bonds is 8. The van der Waals surface area contributed by atoms with Gasteiger partial charge in [0.05, 0.1) is 13.2 Å². The summed E-state index contributed by atoms with van der Waals surface area (Å²) in [5.41, 5.74) is 0. The van der Waals surface area contributed by atoms with Gasteiger partial charge in [-0.15, -0.1) is 0 Å². The van der Waals surface area contributed by atoms with Crippen molar-refractivity contribution in [3.63, 3.8) is 0 Å². The second-order valence-corrected chi connectivity index (χ2v) is 6.68. The van der Waals surface area contributed by atoms with Crippen LogP contribution < -0.4 is 10.6 Å². The molecule has 22 heavy (non-hydrogen) atoms. The maximum Gasteiger partial charge on any atom is 0.314 e. The van der Waals surface area contributed by atoms with Crippen LogP contribution in [0.5, 0.6) is 0 Å². The second kappa shape index (κ2) is 8.70. The molecule has 2 fully saturated rings. The number of nitrogens with one attached hydrogen (secondary N) is 2. The molecule has 2 aliphatic rings. The summed E-state index contributed by atoms with van der Waals surface area (Å²) >= 11 is 0. The third-order valence-electron chi connectivity index (χ3n) is 4.36. The molecular formula is C16H31N3O3. The van der Waals surface area contributed by atoms with Gasteiger partial charge >= 0.3 is 6.03 Å². The van der Waals surface area contributed by atoms with E-state index in [0.29, 0.717) is 25.7 Å². The summed E-state index contributed by atoms with van der Waals surface area (Å²) in [7, 11) is 0. The summed E-state index contributed by atoms with van der Waals surface area (Å²) in [6.45, 7) is 10.3. The summed E-state index contributed by atoms with van der Waals surface area (Å²) in [4.78, 5) is 14.2. The van der Waals surface area contributed by atoms with Crippen LogP contribution in [0.3, 0.4) is 0 Å².